The standard InChI is InChI=1S/C12H16ClNOS/c1-8-2-3-9(15-8)7-16-10-4-5-12(14)11(13)6-10/h4-6,8-9H,2-3,7,14H2,1H3. The van der Waals surface area contributed by atoms with Crippen molar-refractivity contribution in [2.45, 2.75) is 36.9 Å². The molecule has 1 aromatic carbocycles. The van der Waals surface area contributed by atoms with Crippen LogP contribution >= 0.6 is 23.4 Å². The van der Waals surface area contributed by atoms with E-state index in [0.29, 0.717) is 22.9 Å². The minimum absolute atomic E-state index is 0.385. The third kappa shape index (κ3) is 3.06. The Morgan fingerprint density at radius 1 is 1.50 bits per heavy atom. The molecule has 0 amide bonds. The van der Waals surface area contributed by atoms with Crippen LogP contribution in [0.4, 0.5) is 5.69 Å². The zero-order chi connectivity index (χ0) is 11.5. The average molecular weight is 258 g/mol. The van der Waals surface area contributed by atoms with Gasteiger partial charge in [-0.15, -0.1) is 11.8 Å². The van der Waals surface area contributed by atoms with Crippen molar-refractivity contribution in [3.63, 3.8) is 0 Å². The fourth-order valence-corrected chi connectivity index (χ4v) is 3.03. The van der Waals surface area contributed by atoms with Gasteiger partial charge < -0.3 is 10.5 Å². The molecule has 2 unspecified atom stereocenters. The third-order valence-corrected chi connectivity index (χ3v) is 4.18. The average Bonchev–Trinajstić information content (AvgIpc) is 2.66. The lowest BCUT2D eigenvalue weighted by molar-refractivity contribution is 0.0700. The number of benzene rings is 1. The fraction of sp³-hybridized carbons (Fsp3) is 0.500. The van der Waals surface area contributed by atoms with E-state index in [0.717, 1.165) is 17.1 Å². The summed E-state index contributed by atoms with van der Waals surface area (Å²) in [6, 6.07) is 5.77. The van der Waals surface area contributed by atoms with Gasteiger partial charge in [0.2, 0.25) is 0 Å². The van der Waals surface area contributed by atoms with Crippen LogP contribution in [0, 0.1) is 0 Å². The number of thioether (sulfide) groups is 1. The molecule has 0 bridgehead atoms. The molecule has 1 saturated heterocycles. The first-order valence-corrected chi connectivity index (χ1v) is 6.85. The molecule has 2 atom stereocenters. The van der Waals surface area contributed by atoms with E-state index in [1.807, 2.05) is 18.2 Å². The zero-order valence-electron chi connectivity index (χ0n) is 9.28. The van der Waals surface area contributed by atoms with Crippen molar-refractivity contribution in [3.05, 3.63) is 23.2 Å². The Labute approximate surface area is 105 Å². The van der Waals surface area contributed by atoms with Gasteiger partial charge in [0.25, 0.3) is 0 Å². The number of halogens is 1. The fourth-order valence-electron chi connectivity index (χ4n) is 1.79. The Balaban J connectivity index is 1.87. The van der Waals surface area contributed by atoms with Gasteiger partial charge in [-0.25, -0.2) is 0 Å². The smallest absolute Gasteiger partial charge is 0.0673 e. The Kier molecular flexibility index (Phi) is 4.00. The van der Waals surface area contributed by atoms with E-state index in [-0.39, 0.29) is 0 Å². The topological polar surface area (TPSA) is 35.2 Å². The Morgan fingerprint density at radius 2 is 2.31 bits per heavy atom. The van der Waals surface area contributed by atoms with Crippen molar-refractivity contribution in [2.75, 3.05) is 11.5 Å². The van der Waals surface area contributed by atoms with E-state index in [1.165, 1.54) is 6.42 Å². The molecule has 0 spiro atoms. The van der Waals surface area contributed by atoms with E-state index in [1.54, 1.807) is 11.8 Å². The van der Waals surface area contributed by atoms with Crippen LogP contribution in [0.3, 0.4) is 0 Å². The maximum Gasteiger partial charge on any atom is 0.0673 e. The monoisotopic (exact) mass is 257 g/mol. The second-order valence-corrected chi connectivity index (χ2v) is 5.64. The summed E-state index contributed by atoms with van der Waals surface area (Å²) in [4.78, 5) is 1.15. The highest BCUT2D eigenvalue weighted by Gasteiger charge is 2.21. The molecule has 2 nitrogen and oxygen atoms in total. The normalized spacial score (nSPS) is 24.9. The summed E-state index contributed by atoms with van der Waals surface area (Å²) in [6.45, 7) is 2.13. The maximum atomic E-state index is 5.96. The number of nitrogen functional groups attached to an aromatic ring is 1. The molecule has 16 heavy (non-hydrogen) atoms. The van der Waals surface area contributed by atoms with Gasteiger partial charge in [-0.1, -0.05) is 11.6 Å². The quantitative estimate of drug-likeness (QED) is 0.664. The molecule has 1 aliphatic rings. The van der Waals surface area contributed by atoms with Crippen LogP contribution in [-0.4, -0.2) is 18.0 Å². The second kappa shape index (κ2) is 5.30. The molecular weight excluding hydrogens is 242 g/mol. The lowest BCUT2D eigenvalue weighted by atomic mass is 10.2. The largest absolute Gasteiger partial charge is 0.398 e. The van der Waals surface area contributed by atoms with Crippen molar-refractivity contribution in [3.8, 4) is 0 Å². The summed E-state index contributed by atoms with van der Waals surface area (Å²) < 4.78 is 5.76. The van der Waals surface area contributed by atoms with E-state index < -0.39 is 0 Å². The molecule has 2 rings (SSSR count). The summed E-state index contributed by atoms with van der Waals surface area (Å²) in [5.41, 5.74) is 6.30. The molecule has 0 aromatic heterocycles. The highest BCUT2D eigenvalue weighted by Crippen LogP contribution is 2.29. The zero-order valence-corrected chi connectivity index (χ0v) is 10.9. The molecular formula is C12H16ClNOS. The van der Waals surface area contributed by atoms with E-state index >= 15 is 0 Å². The first kappa shape index (κ1) is 12.1. The van der Waals surface area contributed by atoms with Crippen molar-refractivity contribution < 1.29 is 4.74 Å². The molecule has 4 heteroatoms. The SMILES string of the molecule is CC1CCC(CSc2ccc(N)c(Cl)c2)O1. The molecule has 88 valence electrons. The maximum absolute atomic E-state index is 5.96. The van der Waals surface area contributed by atoms with Gasteiger partial charge in [-0.2, -0.15) is 0 Å². The number of ether oxygens (including phenoxy) is 1. The summed E-state index contributed by atoms with van der Waals surface area (Å²) >= 11 is 7.74. The Bertz CT molecular complexity index is 372. The number of rotatable bonds is 3. The number of hydrogen-bond donors (Lipinski definition) is 1. The third-order valence-electron chi connectivity index (χ3n) is 2.73. The highest BCUT2D eigenvalue weighted by molar-refractivity contribution is 7.99. The highest BCUT2D eigenvalue weighted by atomic mass is 35.5. The predicted molar refractivity (Wildman–Crippen MR) is 70.2 cm³/mol. The van der Waals surface area contributed by atoms with Gasteiger partial charge in [0, 0.05) is 10.6 Å². The minimum atomic E-state index is 0.385. The number of anilines is 1. The molecule has 0 aliphatic carbocycles. The van der Waals surface area contributed by atoms with Crippen LogP contribution in [0.1, 0.15) is 19.8 Å². The number of hydrogen-bond acceptors (Lipinski definition) is 3. The van der Waals surface area contributed by atoms with Gasteiger partial charge in [0.05, 0.1) is 22.9 Å². The van der Waals surface area contributed by atoms with Crippen molar-refractivity contribution in [1.29, 1.82) is 0 Å². The molecule has 1 fully saturated rings. The van der Waals surface area contributed by atoms with Crippen LogP contribution in [0.5, 0.6) is 0 Å². The van der Waals surface area contributed by atoms with E-state index in [2.05, 4.69) is 6.92 Å². The lowest BCUT2D eigenvalue weighted by Crippen LogP contribution is -2.10. The van der Waals surface area contributed by atoms with Crippen LogP contribution < -0.4 is 5.73 Å². The van der Waals surface area contributed by atoms with Crippen LogP contribution in [-0.2, 0) is 4.74 Å². The lowest BCUT2D eigenvalue weighted by Gasteiger charge is -2.10. The molecule has 2 N–H and O–H groups in total. The molecule has 0 saturated carbocycles. The first-order chi connectivity index (χ1) is 7.65. The van der Waals surface area contributed by atoms with E-state index in [9.17, 15) is 0 Å². The van der Waals surface area contributed by atoms with Crippen molar-refractivity contribution in [1.82, 2.24) is 0 Å². The van der Waals surface area contributed by atoms with Gasteiger partial charge in [-0.05, 0) is 38.0 Å². The minimum Gasteiger partial charge on any atom is -0.398 e. The summed E-state index contributed by atoms with van der Waals surface area (Å²) in [5, 5.41) is 0.630. The summed E-state index contributed by atoms with van der Waals surface area (Å²) in [7, 11) is 0. The summed E-state index contributed by atoms with van der Waals surface area (Å²) in [5.74, 6) is 0.991. The predicted octanol–water partition coefficient (Wildman–Crippen LogP) is 3.58. The van der Waals surface area contributed by atoms with Gasteiger partial charge in [-0.3, -0.25) is 0 Å². The van der Waals surface area contributed by atoms with Crippen LogP contribution in [0.2, 0.25) is 5.02 Å². The summed E-state index contributed by atoms with van der Waals surface area (Å²) in [6.07, 6.45) is 3.14. The van der Waals surface area contributed by atoms with Gasteiger partial charge in [0.15, 0.2) is 0 Å². The van der Waals surface area contributed by atoms with Crippen molar-refractivity contribution in [2.24, 2.45) is 0 Å². The van der Waals surface area contributed by atoms with Crippen LogP contribution in [0.15, 0.2) is 23.1 Å². The molecule has 0 radical (unpaired) electrons. The van der Waals surface area contributed by atoms with E-state index in [4.69, 9.17) is 22.1 Å². The van der Waals surface area contributed by atoms with Crippen molar-refractivity contribution >= 4 is 29.1 Å². The molecule has 1 aliphatic heterocycles. The van der Waals surface area contributed by atoms with Gasteiger partial charge in [0.1, 0.15) is 0 Å². The molecule has 1 aromatic rings. The Morgan fingerprint density at radius 3 is 2.94 bits per heavy atom. The van der Waals surface area contributed by atoms with Gasteiger partial charge >= 0.3 is 0 Å². The molecule has 1 heterocycles. The van der Waals surface area contributed by atoms with Crippen LogP contribution in [0.25, 0.3) is 0 Å². The second-order valence-electron chi connectivity index (χ2n) is 4.14. The Hall–Kier alpha value is -0.380. The first-order valence-electron chi connectivity index (χ1n) is 5.48. The number of nitrogens with two attached hydrogens (primary N) is 1.